The summed E-state index contributed by atoms with van der Waals surface area (Å²) in [4.78, 5) is 12.4. The first-order valence-electron chi connectivity index (χ1n) is 9.08. The standard InChI is InChI=1S/C18H30NOP.C3H8.CH3.ClH.Li.Ni/c1-14(15-11-9-8-10-12-15)19-16(20)13-21(17(2,3)4)18(5,6)7;1-3-2;;;;/h8-12,14H,13H2,1-7H3,(H,19,20);3H2,1-2H3;1H3;1H;;/q;;-1;;+1;+2/p-1. The predicted octanol–water partition coefficient (Wildman–Crippen LogP) is 1.33. The van der Waals surface area contributed by atoms with Crippen LogP contribution in [0.5, 0.6) is 0 Å². The van der Waals surface area contributed by atoms with Crippen LogP contribution in [0.25, 0.3) is 5.32 Å². The fourth-order valence-corrected chi connectivity index (χ4v) is 6.58. The molecule has 0 bridgehead atoms. The van der Waals surface area contributed by atoms with Gasteiger partial charge in [0.2, 0.25) is 0 Å². The van der Waals surface area contributed by atoms with Gasteiger partial charge < -0.3 is 29.9 Å². The van der Waals surface area contributed by atoms with Crippen LogP contribution in [-0.2, 0) is 21.3 Å². The van der Waals surface area contributed by atoms with Crippen molar-refractivity contribution in [1.29, 1.82) is 0 Å². The van der Waals surface area contributed by atoms with Gasteiger partial charge in [0.05, 0.1) is 22.4 Å². The van der Waals surface area contributed by atoms with E-state index in [2.05, 4.69) is 60.7 Å². The Kier molecular flexibility index (Phi) is 25.5. The Balaban J connectivity index is -0.000000236. The molecule has 0 aromatic heterocycles. The van der Waals surface area contributed by atoms with Gasteiger partial charge in [-0.3, -0.25) is 0 Å². The maximum absolute atomic E-state index is 12.4. The largest absolute Gasteiger partial charge is 2.00 e. The minimum absolute atomic E-state index is 0. The zero-order chi connectivity index (χ0) is 19.0. The summed E-state index contributed by atoms with van der Waals surface area (Å²) < 4.78 is 0. The molecule has 0 N–H and O–H groups in total. The summed E-state index contributed by atoms with van der Waals surface area (Å²) in [5.41, 5.74) is 1.10. The second kappa shape index (κ2) is 18.3. The molecule has 1 amide bonds. The summed E-state index contributed by atoms with van der Waals surface area (Å²) in [6.07, 6.45) is 1.87. The summed E-state index contributed by atoms with van der Waals surface area (Å²) >= 11 is 0. The first kappa shape index (κ1) is 39.0. The van der Waals surface area contributed by atoms with E-state index in [0.717, 1.165) is 5.56 Å². The molecule has 0 fully saturated rings. The van der Waals surface area contributed by atoms with Gasteiger partial charge in [0.1, 0.15) is 0 Å². The van der Waals surface area contributed by atoms with Crippen LogP contribution in [0, 0.1) is 7.43 Å². The van der Waals surface area contributed by atoms with E-state index < -0.39 is 7.92 Å². The molecule has 1 aromatic carbocycles. The van der Waals surface area contributed by atoms with Gasteiger partial charge in [-0.05, 0) is 41.5 Å². The Morgan fingerprint density at radius 3 is 1.68 bits per heavy atom. The van der Waals surface area contributed by atoms with Crippen molar-refractivity contribution < 1.29 is 52.6 Å². The molecule has 0 aliphatic rings. The molecular weight excluding hydrogens is 426 g/mol. The van der Waals surface area contributed by atoms with Crippen molar-refractivity contribution in [1.82, 2.24) is 0 Å². The average Bonchev–Trinajstić information content (AvgIpc) is 2.44. The first-order valence-corrected chi connectivity index (χ1v) is 10.8. The second-order valence-corrected chi connectivity index (χ2v) is 12.8. The smallest absolute Gasteiger partial charge is 1.00 e. The molecule has 1 atom stereocenters. The third-order valence-corrected chi connectivity index (χ3v) is 8.04. The second-order valence-electron chi connectivity index (χ2n) is 8.47. The van der Waals surface area contributed by atoms with Gasteiger partial charge in [-0.25, -0.2) is 0 Å². The molecule has 0 saturated heterocycles. The molecule has 0 radical (unpaired) electrons. The van der Waals surface area contributed by atoms with Gasteiger partial charge in [-0.2, -0.15) is 0 Å². The van der Waals surface area contributed by atoms with E-state index in [4.69, 9.17) is 0 Å². The normalized spacial score (nSPS) is 11.2. The molecule has 0 aliphatic carbocycles. The molecular formula is C22H41ClLiNNiOP+. The van der Waals surface area contributed by atoms with Crippen LogP contribution in [-0.4, -0.2) is 22.4 Å². The van der Waals surface area contributed by atoms with Crippen molar-refractivity contribution >= 4 is 13.8 Å². The van der Waals surface area contributed by atoms with Crippen LogP contribution in [0.3, 0.4) is 0 Å². The maximum atomic E-state index is 12.4. The Hall–Kier alpha value is 0.501. The van der Waals surface area contributed by atoms with Crippen LogP contribution >= 0.6 is 7.92 Å². The van der Waals surface area contributed by atoms with Gasteiger partial charge in [0, 0.05) is 7.92 Å². The Morgan fingerprint density at radius 2 is 1.36 bits per heavy atom. The van der Waals surface area contributed by atoms with Crippen LogP contribution in [0.2, 0.25) is 0 Å². The summed E-state index contributed by atoms with van der Waals surface area (Å²) in [5.74, 6) is 0.0603. The molecule has 1 aromatic rings. The van der Waals surface area contributed by atoms with Crippen LogP contribution in [0.4, 0.5) is 0 Å². The predicted molar refractivity (Wildman–Crippen MR) is 118 cm³/mol. The molecule has 0 aliphatic heterocycles. The van der Waals surface area contributed by atoms with Crippen molar-refractivity contribution in [2.75, 3.05) is 6.16 Å². The molecule has 0 spiro atoms. The fraction of sp³-hybridized carbons (Fsp3) is 0.636. The van der Waals surface area contributed by atoms with Crippen molar-refractivity contribution in [3.05, 3.63) is 48.6 Å². The first-order chi connectivity index (χ1) is 10.9. The van der Waals surface area contributed by atoms with Crippen molar-refractivity contribution in [3.63, 3.8) is 0 Å². The van der Waals surface area contributed by atoms with Crippen molar-refractivity contribution in [2.24, 2.45) is 0 Å². The van der Waals surface area contributed by atoms with E-state index >= 15 is 0 Å². The zero-order valence-corrected chi connectivity index (χ0v) is 22.7. The molecule has 28 heavy (non-hydrogen) atoms. The monoisotopic (exact) mass is 466 g/mol. The topological polar surface area (TPSA) is 31.2 Å². The van der Waals surface area contributed by atoms with Gasteiger partial charge in [0.15, 0.2) is 0 Å². The van der Waals surface area contributed by atoms with Crippen LogP contribution in [0.1, 0.15) is 80.3 Å². The number of hydrogen-bond donors (Lipinski definition) is 0. The van der Waals surface area contributed by atoms with Gasteiger partial charge >= 0.3 is 35.4 Å². The van der Waals surface area contributed by atoms with E-state index in [1.54, 1.807) is 0 Å². The quantitative estimate of drug-likeness (QED) is 0.374. The molecule has 2 nitrogen and oxygen atoms in total. The zero-order valence-electron chi connectivity index (χ0n) is 19.9. The van der Waals surface area contributed by atoms with Crippen LogP contribution < -0.4 is 31.3 Å². The van der Waals surface area contributed by atoms with E-state index in [1.165, 1.54) is 6.42 Å². The van der Waals surface area contributed by atoms with Gasteiger partial charge in [0.25, 0.3) is 0 Å². The minimum atomic E-state index is -0.845. The minimum Gasteiger partial charge on any atom is -1.00 e. The van der Waals surface area contributed by atoms with E-state index in [-0.39, 0.29) is 77.4 Å². The molecule has 0 saturated carbocycles. The number of rotatable bonds is 4. The Labute approximate surface area is 205 Å². The van der Waals surface area contributed by atoms with Gasteiger partial charge in [-0.15, -0.1) is 0 Å². The number of nitrogens with zero attached hydrogens (tertiary/aromatic N) is 1. The number of carbonyl (C=O) groups is 1. The molecule has 0 heterocycles. The molecule has 1 unspecified atom stereocenters. The number of hydrogen-bond acceptors (Lipinski definition) is 1. The average molecular weight is 468 g/mol. The summed E-state index contributed by atoms with van der Waals surface area (Å²) in [6, 6.07) is 9.97. The van der Waals surface area contributed by atoms with Crippen LogP contribution in [0.15, 0.2) is 30.3 Å². The third-order valence-electron chi connectivity index (χ3n) is 3.76. The number of carbonyl (C=O) groups excluding carboxylic acids is 1. The van der Waals surface area contributed by atoms with E-state index in [0.29, 0.717) is 6.16 Å². The number of benzene rings is 1. The summed E-state index contributed by atoms with van der Waals surface area (Å²) in [5, 5.41) is 4.80. The van der Waals surface area contributed by atoms with Gasteiger partial charge in [-0.1, -0.05) is 69.1 Å². The summed E-state index contributed by atoms with van der Waals surface area (Å²) in [7, 11) is -0.845. The van der Waals surface area contributed by atoms with E-state index in [9.17, 15) is 4.79 Å². The molecule has 162 valence electrons. The number of amides is 1. The molecule has 1 rings (SSSR count). The Bertz CT molecular complexity index is 476. The Morgan fingerprint density at radius 1 is 1.00 bits per heavy atom. The third kappa shape index (κ3) is 16.3. The fourth-order valence-electron chi connectivity index (χ4n) is 2.87. The van der Waals surface area contributed by atoms with E-state index in [1.807, 2.05) is 37.3 Å². The SMILES string of the molecule is CC([N-]C(=O)C[PH+](C(C)(C)C)C(C)(C)C)c1ccccc1.CCC.[CH3-].[Cl-].[Li+].[Ni+2]. The summed E-state index contributed by atoms with van der Waals surface area (Å²) in [6.45, 7) is 19.7. The van der Waals surface area contributed by atoms with Crippen molar-refractivity contribution in [2.45, 2.75) is 85.1 Å². The maximum Gasteiger partial charge on any atom is 2.00 e. The van der Waals surface area contributed by atoms with Crippen molar-refractivity contribution in [3.8, 4) is 0 Å². The molecule has 6 heteroatoms. The number of halogens is 1.